The number of aromatic nitrogens is 2. The fourth-order valence-electron chi connectivity index (χ4n) is 2.84. The Bertz CT molecular complexity index is 955. The van der Waals surface area contributed by atoms with E-state index in [1.165, 1.54) is 6.07 Å². The number of benzene rings is 1. The molecule has 0 unspecified atom stereocenters. The fraction of sp³-hybridized carbons (Fsp3) is 0.263. The average Bonchev–Trinajstić information content (AvgIpc) is 3.03. The average molecular weight is 481 g/mol. The van der Waals surface area contributed by atoms with Crippen LogP contribution in [0.3, 0.4) is 0 Å². The van der Waals surface area contributed by atoms with Crippen molar-refractivity contribution in [2.45, 2.75) is 19.4 Å². The predicted molar refractivity (Wildman–Crippen MR) is 95.7 cm³/mol. The molecule has 27 heavy (non-hydrogen) atoms. The maximum atomic E-state index is 12.0. The van der Waals surface area contributed by atoms with E-state index >= 15 is 0 Å². The second kappa shape index (κ2) is 9.45. The van der Waals surface area contributed by atoms with Crippen LogP contribution in [-0.4, -0.2) is 22.1 Å². The summed E-state index contributed by atoms with van der Waals surface area (Å²) in [5.74, 6) is -0.320. The van der Waals surface area contributed by atoms with Crippen molar-refractivity contribution < 1.29 is 43.0 Å². The van der Waals surface area contributed by atoms with Gasteiger partial charge in [0.15, 0.2) is 12.4 Å². The SMILES string of the molecule is C[n+]1cccc(C(=O)OCCCCn2ccc3cc([N+](=O)[O-])ccc32)c1.[I-]. The molecule has 142 valence electrons. The minimum atomic E-state index is -0.391. The van der Waals surface area contributed by atoms with Crippen LogP contribution in [0.15, 0.2) is 55.0 Å². The Morgan fingerprint density at radius 3 is 2.81 bits per heavy atom. The smallest absolute Gasteiger partial charge is 0.344 e. The molecule has 0 N–H and O–H groups in total. The number of nitro groups is 1. The van der Waals surface area contributed by atoms with Gasteiger partial charge in [-0.1, -0.05) is 0 Å². The van der Waals surface area contributed by atoms with E-state index in [4.69, 9.17) is 4.74 Å². The number of esters is 1. The van der Waals surface area contributed by atoms with Crippen molar-refractivity contribution in [2.75, 3.05) is 6.61 Å². The number of ether oxygens (including phenoxy) is 1. The van der Waals surface area contributed by atoms with Crippen LogP contribution >= 0.6 is 0 Å². The van der Waals surface area contributed by atoms with Crippen LogP contribution in [0.2, 0.25) is 0 Å². The largest absolute Gasteiger partial charge is 1.00 e. The lowest BCUT2D eigenvalue weighted by Crippen LogP contribution is -3.00. The molecule has 0 aliphatic heterocycles. The molecule has 3 rings (SSSR count). The summed E-state index contributed by atoms with van der Waals surface area (Å²) in [7, 11) is 1.85. The Morgan fingerprint density at radius 1 is 1.26 bits per heavy atom. The molecule has 3 aromatic rings. The summed E-state index contributed by atoms with van der Waals surface area (Å²) in [5.41, 5.74) is 1.59. The normalized spacial score (nSPS) is 10.4. The number of pyridine rings is 1. The molecule has 0 aliphatic rings. The molecule has 2 heterocycles. The topological polar surface area (TPSA) is 78.2 Å². The van der Waals surface area contributed by atoms with Gasteiger partial charge < -0.3 is 33.3 Å². The number of nitro benzene ring substituents is 1. The molecule has 7 nitrogen and oxygen atoms in total. The predicted octanol–water partition coefficient (Wildman–Crippen LogP) is 0.0152. The third-order valence-corrected chi connectivity index (χ3v) is 4.17. The third kappa shape index (κ3) is 5.25. The van der Waals surface area contributed by atoms with Crippen LogP contribution in [0.25, 0.3) is 10.9 Å². The van der Waals surface area contributed by atoms with Crippen molar-refractivity contribution in [3.8, 4) is 0 Å². The fourth-order valence-corrected chi connectivity index (χ4v) is 2.84. The Labute approximate surface area is 173 Å². The van der Waals surface area contributed by atoms with Crippen molar-refractivity contribution >= 4 is 22.6 Å². The van der Waals surface area contributed by atoms with Gasteiger partial charge in [-0.3, -0.25) is 10.1 Å². The molecule has 0 fully saturated rings. The molecule has 0 spiro atoms. The number of halogens is 1. The first-order chi connectivity index (χ1) is 12.5. The summed E-state index contributed by atoms with van der Waals surface area (Å²) in [6.45, 7) is 1.13. The van der Waals surface area contributed by atoms with Gasteiger partial charge in [-0.05, 0) is 31.0 Å². The molecular weight excluding hydrogens is 461 g/mol. The molecular formula is C19H20IN3O4. The van der Waals surface area contributed by atoms with E-state index in [1.54, 1.807) is 35.0 Å². The van der Waals surface area contributed by atoms with E-state index in [0.29, 0.717) is 12.2 Å². The lowest BCUT2D eigenvalue weighted by atomic mass is 10.2. The molecule has 0 atom stereocenters. The number of unbranched alkanes of at least 4 members (excludes halogenated alkanes) is 1. The van der Waals surface area contributed by atoms with Gasteiger partial charge in [0.1, 0.15) is 12.6 Å². The molecule has 0 saturated heterocycles. The van der Waals surface area contributed by atoms with Crippen LogP contribution < -0.4 is 28.5 Å². The van der Waals surface area contributed by atoms with Crippen LogP contribution in [0.5, 0.6) is 0 Å². The van der Waals surface area contributed by atoms with Gasteiger partial charge in [-0.2, -0.15) is 0 Å². The summed E-state index contributed by atoms with van der Waals surface area (Å²) in [5, 5.41) is 11.7. The van der Waals surface area contributed by atoms with Gasteiger partial charge in [0.2, 0.25) is 0 Å². The number of aryl methyl sites for hydroxylation is 2. The monoisotopic (exact) mass is 481 g/mol. The van der Waals surface area contributed by atoms with Gasteiger partial charge in [-0.25, -0.2) is 9.36 Å². The number of hydrogen-bond donors (Lipinski definition) is 0. The van der Waals surface area contributed by atoms with Crippen molar-refractivity contribution in [3.63, 3.8) is 0 Å². The second-order valence-corrected chi connectivity index (χ2v) is 6.11. The van der Waals surface area contributed by atoms with Crippen LogP contribution in [0.1, 0.15) is 23.2 Å². The van der Waals surface area contributed by atoms with Crippen molar-refractivity contribution in [2.24, 2.45) is 7.05 Å². The number of fused-ring (bicyclic) bond motifs is 1. The van der Waals surface area contributed by atoms with Gasteiger partial charge in [0.25, 0.3) is 5.69 Å². The van der Waals surface area contributed by atoms with Gasteiger partial charge in [0.05, 0.1) is 11.5 Å². The Balaban J connectivity index is 0.00000261. The zero-order valence-corrected chi connectivity index (χ0v) is 17.0. The van der Waals surface area contributed by atoms with Crippen molar-refractivity contribution in [1.29, 1.82) is 0 Å². The first-order valence-electron chi connectivity index (χ1n) is 8.40. The lowest BCUT2D eigenvalue weighted by molar-refractivity contribution is -0.671. The van der Waals surface area contributed by atoms with Gasteiger partial charge >= 0.3 is 5.97 Å². The van der Waals surface area contributed by atoms with Gasteiger partial charge in [-0.15, -0.1) is 0 Å². The van der Waals surface area contributed by atoms with E-state index in [0.717, 1.165) is 30.3 Å². The Morgan fingerprint density at radius 2 is 2.07 bits per heavy atom. The molecule has 1 aromatic carbocycles. The summed E-state index contributed by atoms with van der Waals surface area (Å²) in [6, 6.07) is 10.3. The molecule has 0 aliphatic carbocycles. The third-order valence-electron chi connectivity index (χ3n) is 4.17. The highest BCUT2D eigenvalue weighted by atomic mass is 127. The molecule has 0 amide bonds. The standard InChI is InChI=1S/C19H20N3O4.HI/c1-20-9-4-5-16(14-20)19(23)26-12-3-2-10-21-11-8-15-13-17(22(24)25)6-7-18(15)21;/h4-9,11,13-14H,2-3,10,12H2,1H3;1H/q+1;/p-1. The molecule has 0 radical (unpaired) electrons. The van der Waals surface area contributed by atoms with E-state index in [2.05, 4.69) is 4.57 Å². The number of non-ortho nitro benzene ring substituents is 1. The maximum Gasteiger partial charge on any atom is 0.344 e. The summed E-state index contributed by atoms with van der Waals surface area (Å²) >= 11 is 0. The summed E-state index contributed by atoms with van der Waals surface area (Å²) in [4.78, 5) is 22.4. The van der Waals surface area contributed by atoms with Gasteiger partial charge in [0, 0.05) is 41.8 Å². The molecule has 2 aromatic heterocycles. The number of rotatable bonds is 7. The number of carbonyl (C=O) groups is 1. The molecule has 0 saturated carbocycles. The zero-order valence-electron chi connectivity index (χ0n) is 14.9. The van der Waals surface area contributed by atoms with Crippen molar-refractivity contribution in [3.05, 3.63) is 70.7 Å². The summed E-state index contributed by atoms with van der Waals surface area (Å²) in [6.07, 6.45) is 7.10. The molecule has 0 bridgehead atoms. The number of hydrogen-bond acceptors (Lipinski definition) is 4. The molecule has 8 heteroatoms. The lowest BCUT2D eigenvalue weighted by Gasteiger charge is -2.06. The first-order valence-corrected chi connectivity index (χ1v) is 8.40. The minimum absolute atomic E-state index is 0. The zero-order chi connectivity index (χ0) is 18.5. The quantitative estimate of drug-likeness (QED) is 0.119. The highest BCUT2D eigenvalue weighted by Crippen LogP contribution is 2.22. The maximum absolute atomic E-state index is 12.0. The van der Waals surface area contributed by atoms with E-state index in [-0.39, 0.29) is 35.6 Å². The summed E-state index contributed by atoms with van der Waals surface area (Å²) < 4.78 is 9.15. The Hall–Kier alpha value is -2.49. The highest BCUT2D eigenvalue weighted by Gasteiger charge is 2.11. The number of nitrogens with zero attached hydrogens (tertiary/aromatic N) is 3. The van der Waals surface area contributed by atoms with Crippen LogP contribution in [-0.2, 0) is 18.3 Å². The first kappa shape index (κ1) is 20.8. The second-order valence-electron chi connectivity index (χ2n) is 6.11. The van der Waals surface area contributed by atoms with Crippen LogP contribution in [0.4, 0.5) is 5.69 Å². The highest BCUT2D eigenvalue weighted by molar-refractivity contribution is 5.88. The number of carbonyl (C=O) groups excluding carboxylic acids is 1. The minimum Gasteiger partial charge on any atom is -1.00 e. The van der Waals surface area contributed by atoms with Crippen molar-refractivity contribution in [1.82, 2.24) is 4.57 Å². The van der Waals surface area contributed by atoms with E-state index in [1.807, 2.05) is 25.5 Å². The van der Waals surface area contributed by atoms with E-state index in [9.17, 15) is 14.9 Å². The Kier molecular flexibility index (Phi) is 7.28. The van der Waals surface area contributed by atoms with E-state index < -0.39 is 4.92 Å². The van der Waals surface area contributed by atoms with Crippen LogP contribution in [0, 0.1) is 10.1 Å².